The number of hydrogen-bond acceptors (Lipinski definition) is 6. The van der Waals surface area contributed by atoms with Crippen LogP contribution in [0.3, 0.4) is 0 Å². The Balaban J connectivity index is 1.20. The number of nitrogens with one attached hydrogen (secondary N) is 1. The van der Waals surface area contributed by atoms with Crippen LogP contribution in [0.25, 0.3) is 0 Å². The highest BCUT2D eigenvalue weighted by Crippen LogP contribution is 2.55. The van der Waals surface area contributed by atoms with E-state index in [2.05, 4.69) is 22.3 Å². The van der Waals surface area contributed by atoms with E-state index in [1.807, 2.05) is 12.1 Å². The van der Waals surface area contributed by atoms with Gasteiger partial charge in [-0.1, -0.05) is 23.7 Å². The highest BCUT2D eigenvalue weighted by molar-refractivity contribution is 7.87. The Morgan fingerprint density at radius 3 is 2.55 bits per heavy atom. The standard InChI is InChI=1S/C25H29ClN4O2S/c26-17-4-2-15(3-5-17)19-11-18-10-16(19)13-30(18)23-27-20-12-25(8-9-25)33(32)21(20)22(28-23)29-24(14-31)6-1-7-24/h2-5,16,18-19,31H,1,6-14H2,(H,27,28,29)/t16?,18?,19?,33-/m0/s1. The van der Waals surface area contributed by atoms with Gasteiger partial charge in [-0.05, 0) is 74.5 Å². The molecule has 1 spiro atoms. The summed E-state index contributed by atoms with van der Waals surface area (Å²) < 4.78 is 13.3. The van der Waals surface area contributed by atoms with Crippen LogP contribution in [0.15, 0.2) is 29.2 Å². The van der Waals surface area contributed by atoms with Gasteiger partial charge in [-0.15, -0.1) is 0 Å². The summed E-state index contributed by atoms with van der Waals surface area (Å²) in [5, 5.41) is 14.4. The number of piperidine rings is 1. The maximum atomic E-state index is 13.4. The van der Waals surface area contributed by atoms with E-state index >= 15 is 0 Å². The third kappa shape index (κ3) is 3.11. The van der Waals surface area contributed by atoms with Crippen LogP contribution in [0, 0.1) is 5.92 Å². The van der Waals surface area contributed by atoms with E-state index in [0.29, 0.717) is 23.7 Å². The first kappa shape index (κ1) is 20.7. The van der Waals surface area contributed by atoms with E-state index in [9.17, 15) is 9.32 Å². The summed E-state index contributed by atoms with van der Waals surface area (Å²) in [6.07, 6.45) is 8.02. The molecule has 174 valence electrons. The number of halogens is 1. The Hall–Kier alpha value is -1.70. The number of anilines is 2. The Bertz CT molecular complexity index is 1140. The number of fused-ring (bicyclic) bond motifs is 3. The van der Waals surface area contributed by atoms with Crippen LogP contribution in [-0.2, 0) is 17.2 Å². The molecule has 8 heteroatoms. The topological polar surface area (TPSA) is 78.4 Å². The molecule has 2 aliphatic heterocycles. The maximum Gasteiger partial charge on any atom is 0.227 e. The average molecular weight is 485 g/mol. The molecule has 33 heavy (non-hydrogen) atoms. The molecule has 2 N–H and O–H groups in total. The lowest BCUT2D eigenvalue weighted by Gasteiger charge is -2.42. The van der Waals surface area contributed by atoms with Gasteiger partial charge in [-0.25, -0.2) is 4.98 Å². The normalized spacial score (nSPS) is 32.1. The van der Waals surface area contributed by atoms with Gasteiger partial charge in [0.1, 0.15) is 10.7 Å². The summed E-state index contributed by atoms with van der Waals surface area (Å²) in [5.41, 5.74) is 2.01. The van der Waals surface area contributed by atoms with E-state index in [-0.39, 0.29) is 16.9 Å². The Kier molecular flexibility index (Phi) is 4.48. The largest absolute Gasteiger partial charge is 0.394 e. The van der Waals surface area contributed by atoms with Gasteiger partial charge >= 0.3 is 0 Å². The average Bonchev–Trinajstić information content (AvgIpc) is 3.15. The van der Waals surface area contributed by atoms with Crippen LogP contribution in [0.5, 0.6) is 0 Å². The fourth-order valence-corrected chi connectivity index (χ4v) is 8.50. The summed E-state index contributed by atoms with van der Waals surface area (Å²) in [6, 6.07) is 8.76. The van der Waals surface area contributed by atoms with Crippen LogP contribution >= 0.6 is 11.6 Å². The number of aliphatic hydroxyl groups is 1. The fourth-order valence-electron chi connectivity index (χ4n) is 6.59. The molecule has 4 atom stereocenters. The highest BCUT2D eigenvalue weighted by atomic mass is 35.5. The predicted molar refractivity (Wildman–Crippen MR) is 129 cm³/mol. The second-order valence-corrected chi connectivity index (χ2v) is 13.1. The summed E-state index contributed by atoms with van der Waals surface area (Å²) in [4.78, 5) is 13.2. The molecule has 3 aliphatic carbocycles. The van der Waals surface area contributed by atoms with Gasteiger partial charge in [0.2, 0.25) is 5.95 Å². The smallest absolute Gasteiger partial charge is 0.227 e. The zero-order valence-corrected chi connectivity index (χ0v) is 20.2. The molecule has 1 aromatic heterocycles. The van der Waals surface area contributed by atoms with Gasteiger partial charge in [0.05, 0.1) is 33.4 Å². The third-order valence-corrected chi connectivity index (χ3v) is 11.3. The molecule has 5 aliphatic rings. The summed E-state index contributed by atoms with van der Waals surface area (Å²) in [7, 11) is -1.07. The summed E-state index contributed by atoms with van der Waals surface area (Å²) in [6.45, 7) is 1.03. The molecular formula is C25H29ClN4O2S. The van der Waals surface area contributed by atoms with E-state index in [1.54, 1.807) is 0 Å². The molecule has 7 rings (SSSR count). The van der Waals surface area contributed by atoms with Crippen LogP contribution in [0.4, 0.5) is 11.8 Å². The van der Waals surface area contributed by atoms with Crippen molar-refractivity contribution in [2.75, 3.05) is 23.4 Å². The van der Waals surface area contributed by atoms with Crippen molar-refractivity contribution < 1.29 is 9.32 Å². The zero-order valence-electron chi connectivity index (χ0n) is 18.6. The first-order chi connectivity index (χ1) is 16.0. The van der Waals surface area contributed by atoms with Crippen molar-refractivity contribution >= 4 is 34.2 Å². The van der Waals surface area contributed by atoms with E-state index < -0.39 is 10.8 Å². The van der Waals surface area contributed by atoms with E-state index in [1.165, 1.54) is 5.56 Å². The van der Waals surface area contributed by atoms with Gasteiger partial charge < -0.3 is 15.3 Å². The molecule has 0 radical (unpaired) electrons. The lowest BCUT2D eigenvalue weighted by Crippen LogP contribution is -2.49. The maximum absolute atomic E-state index is 13.4. The van der Waals surface area contributed by atoms with Crippen molar-refractivity contribution in [1.29, 1.82) is 0 Å². The molecule has 1 aromatic carbocycles. The van der Waals surface area contributed by atoms with Crippen molar-refractivity contribution in [3.05, 3.63) is 40.5 Å². The Labute approximate surface area is 201 Å². The Morgan fingerprint density at radius 1 is 1.15 bits per heavy atom. The molecule has 2 bridgehead atoms. The molecule has 4 fully saturated rings. The summed E-state index contributed by atoms with van der Waals surface area (Å²) >= 11 is 6.10. The van der Waals surface area contributed by atoms with E-state index in [4.69, 9.17) is 21.6 Å². The van der Waals surface area contributed by atoms with Crippen LogP contribution in [0.1, 0.15) is 62.1 Å². The van der Waals surface area contributed by atoms with Crippen molar-refractivity contribution in [3.63, 3.8) is 0 Å². The second-order valence-electron chi connectivity index (χ2n) is 10.9. The molecule has 3 unspecified atom stereocenters. The first-order valence-corrected chi connectivity index (χ1v) is 13.8. The number of aliphatic hydroxyl groups excluding tert-OH is 1. The van der Waals surface area contributed by atoms with Crippen molar-refractivity contribution in [2.24, 2.45) is 5.92 Å². The second kappa shape index (κ2) is 7.15. The fraction of sp³-hybridized carbons (Fsp3) is 0.600. The predicted octanol–water partition coefficient (Wildman–Crippen LogP) is 4.04. The minimum atomic E-state index is -1.07. The van der Waals surface area contributed by atoms with Crippen LogP contribution < -0.4 is 10.2 Å². The summed E-state index contributed by atoms with van der Waals surface area (Å²) in [5.74, 6) is 2.64. The van der Waals surface area contributed by atoms with Gasteiger partial charge in [-0.2, -0.15) is 4.98 Å². The lowest BCUT2D eigenvalue weighted by atomic mass is 9.77. The van der Waals surface area contributed by atoms with Crippen molar-refractivity contribution in [1.82, 2.24) is 9.97 Å². The molecule has 2 aromatic rings. The Morgan fingerprint density at radius 2 is 1.94 bits per heavy atom. The van der Waals surface area contributed by atoms with Crippen LogP contribution in [-0.4, -0.2) is 48.8 Å². The zero-order chi connectivity index (χ0) is 22.4. The number of hydrogen-bond donors (Lipinski definition) is 2. The minimum Gasteiger partial charge on any atom is -0.394 e. The van der Waals surface area contributed by atoms with Gasteiger partial charge in [0.25, 0.3) is 0 Å². The number of aromatic nitrogens is 2. The van der Waals surface area contributed by atoms with Gasteiger partial charge in [0.15, 0.2) is 0 Å². The van der Waals surface area contributed by atoms with Gasteiger partial charge in [0, 0.05) is 24.0 Å². The van der Waals surface area contributed by atoms with Crippen molar-refractivity contribution in [2.45, 2.75) is 78.5 Å². The van der Waals surface area contributed by atoms with Crippen molar-refractivity contribution in [3.8, 4) is 0 Å². The van der Waals surface area contributed by atoms with E-state index in [0.717, 1.165) is 79.5 Å². The van der Waals surface area contributed by atoms with Gasteiger partial charge in [-0.3, -0.25) is 4.21 Å². The quantitative estimate of drug-likeness (QED) is 0.667. The minimum absolute atomic E-state index is 0.0794. The number of benzene rings is 1. The molecule has 3 heterocycles. The molecule has 1 saturated heterocycles. The molecule has 0 amide bonds. The third-order valence-electron chi connectivity index (χ3n) is 8.89. The monoisotopic (exact) mass is 484 g/mol. The van der Waals surface area contributed by atoms with Crippen LogP contribution in [0.2, 0.25) is 5.02 Å². The first-order valence-electron chi connectivity index (χ1n) is 12.2. The molecule has 3 saturated carbocycles. The molecule has 6 nitrogen and oxygen atoms in total. The highest BCUT2D eigenvalue weighted by Gasteiger charge is 2.56. The SMILES string of the molecule is O=[S@]1c2c(nc(N3CC4CC3CC4c3ccc(Cl)cc3)nc2NC2(CO)CCC2)CC12CC2. The molecular weight excluding hydrogens is 456 g/mol. The lowest BCUT2D eigenvalue weighted by molar-refractivity contribution is 0.143. The number of nitrogens with zero attached hydrogens (tertiary/aromatic N) is 3. The number of rotatable bonds is 5.